The van der Waals surface area contributed by atoms with Crippen LogP contribution in [0.25, 0.3) is 0 Å². The summed E-state index contributed by atoms with van der Waals surface area (Å²) in [6.45, 7) is 0. The Morgan fingerprint density at radius 1 is 1.17 bits per heavy atom. The molecule has 0 aliphatic heterocycles. The van der Waals surface area contributed by atoms with Gasteiger partial charge in [-0.3, -0.25) is 9.78 Å². The van der Waals surface area contributed by atoms with Gasteiger partial charge in [-0.05, 0) is 23.6 Å². The van der Waals surface area contributed by atoms with Gasteiger partial charge in [0.1, 0.15) is 0 Å². The van der Waals surface area contributed by atoms with Gasteiger partial charge in [0.2, 0.25) is 0 Å². The number of carbonyl (C=O) groups is 1. The minimum Gasteiger partial charge on any atom is -0.293 e. The summed E-state index contributed by atoms with van der Waals surface area (Å²) >= 11 is 6.38. The molecule has 90 valence electrons. The van der Waals surface area contributed by atoms with E-state index in [-0.39, 0.29) is 17.1 Å². The van der Waals surface area contributed by atoms with Crippen molar-refractivity contribution >= 4 is 17.4 Å². The first kappa shape index (κ1) is 11.4. The third-order valence-electron chi connectivity index (χ3n) is 3.41. The molecule has 2 unspecified atom stereocenters. The highest BCUT2D eigenvalue weighted by Gasteiger charge is 2.33. The zero-order valence-electron chi connectivity index (χ0n) is 9.71. The summed E-state index contributed by atoms with van der Waals surface area (Å²) in [5.41, 5.74) is 2.64. The van der Waals surface area contributed by atoms with E-state index in [0.717, 1.165) is 16.7 Å². The highest BCUT2D eigenvalue weighted by molar-refractivity contribution is 6.23. The number of benzene rings is 1. The van der Waals surface area contributed by atoms with Gasteiger partial charge in [0.05, 0.1) is 11.3 Å². The van der Waals surface area contributed by atoms with Crippen molar-refractivity contribution < 1.29 is 4.79 Å². The van der Waals surface area contributed by atoms with Crippen molar-refractivity contribution in [2.24, 2.45) is 0 Å². The first-order valence-corrected chi connectivity index (χ1v) is 6.38. The number of carbonyl (C=O) groups excluding carboxylic acids is 1. The second-order valence-corrected chi connectivity index (χ2v) is 5.02. The van der Waals surface area contributed by atoms with E-state index in [4.69, 9.17) is 11.6 Å². The molecular weight excluding hydrogens is 246 g/mol. The van der Waals surface area contributed by atoms with Crippen LogP contribution in [0, 0.1) is 0 Å². The standard InChI is InChI=1S/C15H12ClNO/c16-14-8-13(10-4-3-7-17-9-10)15(18)12-6-2-1-5-11(12)14/h1-7,9,13-14H,8H2. The number of nitrogens with zero attached hydrogens (tertiary/aromatic N) is 1. The average molecular weight is 258 g/mol. The van der Waals surface area contributed by atoms with Crippen LogP contribution in [0.3, 0.4) is 0 Å². The van der Waals surface area contributed by atoms with Gasteiger partial charge in [-0.1, -0.05) is 30.3 Å². The zero-order chi connectivity index (χ0) is 12.5. The summed E-state index contributed by atoms with van der Waals surface area (Å²) in [5.74, 6) is -0.0217. The molecule has 1 aromatic carbocycles. The number of alkyl halides is 1. The molecule has 1 aliphatic rings. The fourth-order valence-electron chi connectivity index (χ4n) is 2.49. The van der Waals surface area contributed by atoms with E-state index in [1.165, 1.54) is 0 Å². The smallest absolute Gasteiger partial charge is 0.170 e. The van der Waals surface area contributed by atoms with Crippen molar-refractivity contribution in [1.82, 2.24) is 4.98 Å². The Bertz CT molecular complexity index is 582. The maximum atomic E-state index is 12.5. The predicted octanol–water partition coefficient (Wildman–Crippen LogP) is 3.73. The van der Waals surface area contributed by atoms with Crippen molar-refractivity contribution in [3.63, 3.8) is 0 Å². The highest BCUT2D eigenvalue weighted by Crippen LogP contribution is 2.41. The van der Waals surface area contributed by atoms with E-state index in [9.17, 15) is 4.79 Å². The first-order chi connectivity index (χ1) is 8.77. The van der Waals surface area contributed by atoms with Crippen LogP contribution in [0.4, 0.5) is 0 Å². The second-order valence-electron chi connectivity index (χ2n) is 4.49. The van der Waals surface area contributed by atoms with Crippen molar-refractivity contribution in [2.45, 2.75) is 17.7 Å². The SMILES string of the molecule is O=C1c2ccccc2C(Cl)CC1c1cccnc1. The van der Waals surface area contributed by atoms with Crippen molar-refractivity contribution in [3.05, 3.63) is 65.5 Å². The minimum absolute atomic E-state index is 0.107. The van der Waals surface area contributed by atoms with Crippen LogP contribution in [-0.2, 0) is 0 Å². The normalized spacial score (nSPS) is 22.6. The third-order valence-corrected chi connectivity index (χ3v) is 3.82. The molecule has 0 saturated heterocycles. The van der Waals surface area contributed by atoms with E-state index < -0.39 is 0 Å². The van der Waals surface area contributed by atoms with Gasteiger partial charge >= 0.3 is 0 Å². The zero-order valence-corrected chi connectivity index (χ0v) is 10.5. The Kier molecular flexibility index (Phi) is 2.88. The molecule has 0 spiro atoms. The molecule has 1 heterocycles. The van der Waals surface area contributed by atoms with Crippen LogP contribution in [0.2, 0.25) is 0 Å². The summed E-state index contributed by atoms with van der Waals surface area (Å²) in [7, 11) is 0. The van der Waals surface area contributed by atoms with Crippen LogP contribution >= 0.6 is 11.6 Å². The molecule has 0 saturated carbocycles. The molecule has 1 aliphatic carbocycles. The van der Waals surface area contributed by atoms with E-state index in [1.54, 1.807) is 12.4 Å². The van der Waals surface area contributed by atoms with Gasteiger partial charge in [0.25, 0.3) is 0 Å². The van der Waals surface area contributed by atoms with E-state index in [2.05, 4.69) is 4.98 Å². The summed E-state index contributed by atoms with van der Waals surface area (Å²) in [5, 5.41) is -0.107. The van der Waals surface area contributed by atoms with Crippen molar-refractivity contribution in [2.75, 3.05) is 0 Å². The number of Topliss-reactive ketones (excluding diaryl/α,β-unsaturated/α-hetero) is 1. The number of hydrogen-bond acceptors (Lipinski definition) is 2. The lowest BCUT2D eigenvalue weighted by atomic mass is 9.79. The maximum Gasteiger partial charge on any atom is 0.170 e. The highest BCUT2D eigenvalue weighted by atomic mass is 35.5. The van der Waals surface area contributed by atoms with Crippen LogP contribution < -0.4 is 0 Å². The number of ketones is 1. The molecule has 3 rings (SSSR count). The van der Waals surface area contributed by atoms with Crippen LogP contribution in [-0.4, -0.2) is 10.8 Å². The van der Waals surface area contributed by atoms with Gasteiger partial charge in [0, 0.05) is 18.0 Å². The molecule has 0 bridgehead atoms. The van der Waals surface area contributed by atoms with E-state index in [0.29, 0.717) is 6.42 Å². The van der Waals surface area contributed by atoms with Gasteiger partial charge in [0.15, 0.2) is 5.78 Å². The van der Waals surface area contributed by atoms with E-state index in [1.807, 2.05) is 36.4 Å². The lowest BCUT2D eigenvalue weighted by molar-refractivity contribution is 0.0945. The lowest BCUT2D eigenvalue weighted by Crippen LogP contribution is -2.22. The molecule has 0 fully saturated rings. The lowest BCUT2D eigenvalue weighted by Gasteiger charge is -2.27. The molecule has 2 atom stereocenters. The fourth-order valence-corrected chi connectivity index (χ4v) is 2.86. The Hall–Kier alpha value is -1.67. The molecule has 0 amide bonds. The first-order valence-electron chi connectivity index (χ1n) is 5.94. The van der Waals surface area contributed by atoms with Crippen molar-refractivity contribution in [1.29, 1.82) is 0 Å². The topological polar surface area (TPSA) is 30.0 Å². The molecule has 18 heavy (non-hydrogen) atoms. The Morgan fingerprint density at radius 2 is 2.00 bits per heavy atom. The quantitative estimate of drug-likeness (QED) is 0.729. The Morgan fingerprint density at radius 3 is 2.78 bits per heavy atom. The third kappa shape index (κ3) is 1.83. The van der Waals surface area contributed by atoms with Crippen LogP contribution in [0.1, 0.15) is 39.2 Å². The number of hydrogen-bond donors (Lipinski definition) is 0. The Balaban J connectivity index is 2.05. The Labute approximate surface area is 111 Å². The van der Waals surface area contributed by atoms with Crippen LogP contribution in [0.5, 0.6) is 0 Å². The number of aromatic nitrogens is 1. The molecular formula is C15H12ClNO. The van der Waals surface area contributed by atoms with Crippen molar-refractivity contribution in [3.8, 4) is 0 Å². The molecule has 1 aromatic heterocycles. The summed E-state index contributed by atoms with van der Waals surface area (Å²) in [4.78, 5) is 16.6. The summed E-state index contributed by atoms with van der Waals surface area (Å²) < 4.78 is 0. The fraction of sp³-hybridized carbons (Fsp3) is 0.200. The largest absolute Gasteiger partial charge is 0.293 e. The van der Waals surface area contributed by atoms with Gasteiger partial charge in [-0.15, -0.1) is 11.6 Å². The number of pyridine rings is 1. The minimum atomic E-state index is -0.170. The monoisotopic (exact) mass is 257 g/mol. The van der Waals surface area contributed by atoms with Gasteiger partial charge in [-0.25, -0.2) is 0 Å². The van der Waals surface area contributed by atoms with E-state index >= 15 is 0 Å². The second kappa shape index (κ2) is 4.54. The average Bonchev–Trinajstić information content (AvgIpc) is 2.44. The number of fused-ring (bicyclic) bond motifs is 1. The van der Waals surface area contributed by atoms with Crippen LogP contribution in [0.15, 0.2) is 48.8 Å². The molecule has 2 nitrogen and oxygen atoms in total. The number of rotatable bonds is 1. The maximum absolute atomic E-state index is 12.5. The predicted molar refractivity (Wildman–Crippen MR) is 71.0 cm³/mol. The molecule has 3 heteroatoms. The summed E-state index contributed by atoms with van der Waals surface area (Å²) in [6.07, 6.45) is 4.10. The van der Waals surface area contributed by atoms with Gasteiger partial charge in [-0.2, -0.15) is 0 Å². The molecule has 0 radical (unpaired) electrons. The number of halogens is 1. The van der Waals surface area contributed by atoms with Gasteiger partial charge < -0.3 is 0 Å². The molecule has 0 N–H and O–H groups in total. The summed E-state index contributed by atoms with van der Waals surface area (Å²) in [6, 6.07) is 11.4. The molecule has 2 aromatic rings.